The molecule has 100 valence electrons. The van der Waals surface area contributed by atoms with Gasteiger partial charge in [-0.2, -0.15) is 4.98 Å². The van der Waals surface area contributed by atoms with E-state index in [9.17, 15) is 4.79 Å². The number of nitrogens with one attached hydrogen (secondary N) is 1. The number of hydrogen-bond acceptors (Lipinski definition) is 6. The molecule has 3 rings (SSSR count). The maximum Gasteiger partial charge on any atom is 0.235 e. The molecule has 3 heterocycles. The number of carbonyl (C=O) groups is 1. The number of rotatable bonds is 3. The maximum absolute atomic E-state index is 11.5. The minimum absolute atomic E-state index is 0.00915. The quantitative estimate of drug-likeness (QED) is 0.891. The van der Waals surface area contributed by atoms with Gasteiger partial charge in [-0.15, -0.1) is 0 Å². The first-order valence-electron chi connectivity index (χ1n) is 6.13. The molecule has 0 bridgehead atoms. The lowest BCUT2D eigenvalue weighted by Crippen LogP contribution is -2.35. The molecule has 1 aliphatic rings. The third-order valence-electron chi connectivity index (χ3n) is 3.70. The van der Waals surface area contributed by atoms with Crippen LogP contribution in [0, 0.1) is 5.92 Å². The van der Waals surface area contributed by atoms with Gasteiger partial charge in [0.25, 0.3) is 0 Å². The average molecular weight is 262 g/mol. The zero-order valence-corrected chi connectivity index (χ0v) is 10.7. The third kappa shape index (κ3) is 1.81. The van der Waals surface area contributed by atoms with E-state index in [0.717, 1.165) is 0 Å². The van der Waals surface area contributed by atoms with E-state index in [1.54, 1.807) is 6.07 Å². The summed E-state index contributed by atoms with van der Waals surface area (Å²) in [5.41, 5.74) is 0.0812. The van der Waals surface area contributed by atoms with Gasteiger partial charge in [-0.1, -0.05) is 24.2 Å². The monoisotopic (exact) mass is 262 g/mol. The fourth-order valence-corrected chi connectivity index (χ4v) is 2.33. The van der Waals surface area contributed by atoms with E-state index in [4.69, 9.17) is 9.05 Å². The average Bonchev–Trinajstić information content (AvgIpc) is 3.08. The Morgan fingerprint density at radius 1 is 1.42 bits per heavy atom. The maximum atomic E-state index is 11.5. The van der Waals surface area contributed by atoms with Gasteiger partial charge in [0.1, 0.15) is 6.26 Å². The highest BCUT2D eigenvalue weighted by Crippen LogP contribution is 2.37. The lowest BCUT2D eigenvalue weighted by atomic mass is 9.76. The number of aromatic nitrogens is 3. The Labute approximate surface area is 109 Å². The molecular weight excluding hydrogens is 248 g/mol. The van der Waals surface area contributed by atoms with Crippen molar-refractivity contribution < 1.29 is 13.8 Å². The summed E-state index contributed by atoms with van der Waals surface area (Å²) in [6.07, 6.45) is 1.81. The first-order valence-corrected chi connectivity index (χ1v) is 6.13. The third-order valence-corrected chi connectivity index (χ3v) is 3.70. The second kappa shape index (κ2) is 4.18. The number of nitrogens with zero attached hydrogens (tertiary/aromatic N) is 3. The molecule has 1 unspecified atom stereocenters. The van der Waals surface area contributed by atoms with Crippen LogP contribution in [0.1, 0.15) is 26.2 Å². The molecule has 7 heteroatoms. The van der Waals surface area contributed by atoms with Crippen molar-refractivity contribution in [1.29, 1.82) is 0 Å². The Morgan fingerprint density at radius 3 is 2.84 bits per heavy atom. The molecule has 1 fully saturated rings. The van der Waals surface area contributed by atoms with Crippen LogP contribution in [0.3, 0.4) is 0 Å². The standard InChI is InChI=1S/C12H14N4O3/c1-7(2)12(5-9(17)13-6-12)11-14-10(16-19-11)8-3-4-18-15-8/h3-4,7H,5-6H2,1-2H3,(H,13,17). The molecule has 1 aliphatic heterocycles. The number of carbonyl (C=O) groups excluding carboxylic acids is 1. The molecule has 2 aromatic rings. The summed E-state index contributed by atoms with van der Waals surface area (Å²) >= 11 is 0. The molecule has 1 amide bonds. The van der Waals surface area contributed by atoms with E-state index in [1.807, 2.05) is 13.8 Å². The minimum Gasteiger partial charge on any atom is -0.364 e. The highest BCUT2D eigenvalue weighted by molar-refractivity contribution is 5.80. The van der Waals surface area contributed by atoms with Gasteiger partial charge in [0.05, 0.1) is 5.41 Å². The largest absolute Gasteiger partial charge is 0.364 e. The van der Waals surface area contributed by atoms with Crippen LogP contribution in [0.2, 0.25) is 0 Å². The van der Waals surface area contributed by atoms with Gasteiger partial charge < -0.3 is 14.4 Å². The highest BCUT2D eigenvalue weighted by atomic mass is 16.5. The van der Waals surface area contributed by atoms with Gasteiger partial charge in [0.2, 0.25) is 17.6 Å². The van der Waals surface area contributed by atoms with Gasteiger partial charge >= 0.3 is 0 Å². The van der Waals surface area contributed by atoms with Crippen LogP contribution < -0.4 is 5.32 Å². The molecule has 0 saturated carbocycles. The Morgan fingerprint density at radius 2 is 2.26 bits per heavy atom. The normalized spacial score (nSPS) is 23.0. The Kier molecular flexibility index (Phi) is 2.62. The van der Waals surface area contributed by atoms with Crippen LogP contribution in [-0.4, -0.2) is 27.7 Å². The summed E-state index contributed by atoms with van der Waals surface area (Å²) in [7, 11) is 0. The van der Waals surface area contributed by atoms with E-state index in [-0.39, 0.29) is 11.8 Å². The molecule has 0 spiro atoms. The van der Waals surface area contributed by atoms with Crippen molar-refractivity contribution in [3.63, 3.8) is 0 Å². The molecule has 0 radical (unpaired) electrons. The van der Waals surface area contributed by atoms with Crippen LogP contribution in [0.15, 0.2) is 21.4 Å². The van der Waals surface area contributed by atoms with Crippen molar-refractivity contribution in [2.24, 2.45) is 5.92 Å². The van der Waals surface area contributed by atoms with Crippen molar-refractivity contribution in [1.82, 2.24) is 20.6 Å². The second-order valence-electron chi connectivity index (χ2n) is 5.07. The fourth-order valence-electron chi connectivity index (χ4n) is 2.33. The first kappa shape index (κ1) is 11.9. The summed E-state index contributed by atoms with van der Waals surface area (Å²) in [6.45, 7) is 4.60. The number of amides is 1. The molecule has 0 aromatic carbocycles. The van der Waals surface area contributed by atoms with E-state index in [2.05, 4.69) is 20.6 Å². The van der Waals surface area contributed by atoms with Gasteiger partial charge in [-0.05, 0) is 5.92 Å². The molecular formula is C12H14N4O3. The van der Waals surface area contributed by atoms with Gasteiger partial charge in [-0.3, -0.25) is 4.79 Å². The van der Waals surface area contributed by atoms with E-state index in [0.29, 0.717) is 30.4 Å². The lowest BCUT2D eigenvalue weighted by Gasteiger charge is -2.26. The summed E-state index contributed by atoms with van der Waals surface area (Å²) in [5.74, 6) is 1.06. The molecule has 0 aliphatic carbocycles. The van der Waals surface area contributed by atoms with Crippen molar-refractivity contribution >= 4 is 5.91 Å². The zero-order valence-electron chi connectivity index (χ0n) is 10.7. The predicted octanol–water partition coefficient (Wildman–Crippen LogP) is 1.14. The van der Waals surface area contributed by atoms with Crippen molar-refractivity contribution in [2.75, 3.05) is 6.54 Å². The Bertz CT molecular complexity index is 590. The summed E-state index contributed by atoms with van der Waals surface area (Å²) in [6, 6.07) is 1.66. The smallest absolute Gasteiger partial charge is 0.235 e. The van der Waals surface area contributed by atoms with Crippen molar-refractivity contribution in [2.45, 2.75) is 25.7 Å². The molecule has 1 N–H and O–H groups in total. The molecule has 19 heavy (non-hydrogen) atoms. The van der Waals surface area contributed by atoms with Gasteiger partial charge in [0.15, 0.2) is 5.69 Å². The highest BCUT2D eigenvalue weighted by Gasteiger charge is 2.47. The first-order chi connectivity index (χ1) is 9.12. The topological polar surface area (TPSA) is 94.1 Å². The summed E-state index contributed by atoms with van der Waals surface area (Å²) in [4.78, 5) is 15.9. The van der Waals surface area contributed by atoms with Crippen LogP contribution >= 0.6 is 0 Å². The van der Waals surface area contributed by atoms with E-state index >= 15 is 0 Å². The van der Waals surface area contributed by atoms with E-state index < -0.39 is 5.41 Å². The molecule has 1 saturated heterocycles. The van der Waals surface area contributed by atoms with Crippen LogP contribution in [0.4, 0.5) is 0 Å². The molecule has 1 atom stereocenters. The van der Waals surface area contributed by atoms with Crippen LogP contribution in [0.25, 0.3) is 11.5 Å². The molecule has 7 nitrogen and oxygen atoms in total. The summed E-state index contributed by atoms with van der Waals surface area (Å²) < 4.78 is 10.1. The second-order valence-corrected chi connectivity index (χ2v) is 5.07. The Hall–Kier alpha value is -2.18. The minimum atomic E-state index is -0.438. The van der Waals surface area contributed by atoms with Gasteiger partial charge in [0, 0.05) is 19.0 Å². The van der Waals surface area contributed by atoms with Gasteiger partial charge in [-0.25, -0.2) is 0 Å². The summed E-state index contributed by atoms with van der Waals surface area (Å²) in [5, 5.41) is 10.5. The number of hydrogen-bond donors (Lipinski definition) is 1. The fraction of sp³-hybridized carbons (Fsp3) is 0.500. The molecule has 2 aromatic heterocycles. The predicted molar refractivity (Wildman–Crippen MR) is 63.9 cm³/mol. The Balaban J connectivity index is 1.99. The SMILES string of the molecule is CC(C)C1(c2nc(-c3ccon3)no2)CNC(=O)C1. The lowest BCUT2D eigenvalue weighted by molar-refractivity contribution is -0.119. The van der Waals surface area contributed by atoms with E-state index in [1.165, 1.54) is 6.26 Å². The van der Waals surface area contributed by atoms with Crippen molar-refractivity contribution in [3.8, 4) is 11.5 Å². The zero-order chi connectivity index (χ0) is 13.5. The van der Waals surface area contributed by atoms with Crippen LogP contribution in [-0.2, 0) is 10.2 Å². The van der Waals surface area contributed by atoms with Crippen LogP contribution in [0.5, 0.6) is 0 Å². The van der Waals surface area contributed by atoms with Crippen molar-refractivity contribution in [3.05, 3.63) is 18.2 Å².